The van der Waals surface area contributed by atoms with Crippen molar-refractivity contribution in [3.8, 4) is 0 Å². The highest BCUT2D eigenvalue weighted by Crippen LogP contribution is 2.47. The molecule has 3 rings (SSSR count). The van der Waals surface area contributed by atoms with Gasteiger partial charge in [0, 0.05) is 7.11 Å². The Kier molecular flexibility index (Phi) is 4.53. The number of phosphoric ester groups is 1. The summed E-state index contributed by atoms with van der Waals surface area (Å²) < 4.78 is 27.7. The number of ether oxygens (including phenoxy) is 1. The van der Waals surface area contributed by atoms with Gasteiger partial charge < -0.3 is 25.6 Å². The summed E-state index contributed by atoms with van der Waals surface area (Å²) >= 11 is 0. The van der Waals surface area contributed by atoms with Crippen molar-refractivity contribution in [1.82, 2.24) is 19.5 Å². The Morgan fingerprint density at radius 3 is 2.88 bits per heavy atom. The number of hydrogen-bond acceptors (Lipinski definition) is 10. The molecular formula is C11H16N5O7P. The van der Waals surface area contributed by atoms with Gasteiger partial charge >= 0.3 is 7.82 Å². The van der Waals surface area contributed by atoms with E-state index in [1.807, 2.05) is 0 Å². The predicted molar refractivity (Wildman–Crippen MR) is 78.4 cm³/mol. The number of nitrogens with zero attached hydrogens (tertiary/aromatic N) is 4. The number of phosphoric acid groups is 1. The molecule has 1 aliphatic rings. The number of fused-ring (bicyclic) bond motifs is 1. The average Bonchev–Trinajstić information content (AvgIpc) is 3.10. The van der Waals surface area contributed by atoms with E-state index in [1.165, 1.54) is 17.2 Å². The zero-order valence-electron chi connectivity index (χ0n) is 12.5. The summed E-state index contributed by atoms with van der Waals surface area (Å²) in [6.45, 7) is -0.550. The summed E-state index contributed by atoms with van der Waals surface area (Å²) in [6.07, 6.45) is -2.27. The lowest BCUT2D eigenvalue weighted by atomic mass is 10.1. The van der Waals surface area contributed by atoms with Gasteiger partial charge in [-0.2, -0.15) is 0 Å². The summed E-state index contributed by atoms with van der Waals surface area (Å²) in [5.41, 5.74) is 6.31. The molecule has 1 unspecified atom stereocenters. The van der Waals surface area contributed by atoms with Gasteiger partial charge in [0.25, 0.3) is 0 Å². The van der Waals surface area contributed by atoms with Crippen LogP contribution in [0.25, 0.3) is 11.2 Å². The maximum Gasteiger partial charge on any atom is 0.472 e. The van der Waals surface area contributed by atoms with Crippen LogP contribution in [0, 0.1) is 0 Å². The van der Waals surface area contributed by atoms with Crippen molar-refractivity contribution in [2.75, 3.05) is 19.5 Å². The molecule has 1 fully saturated rings. The van der Waals surface area contributed by atoms with Crippen molar-refractivity contribution in [2.24, 2.45) is 0 Å². The molecule has 13 heteroatoms. The number of aliphatic hydroxyl groups excluding tert-OH is 2. The molecule has 0 aromatic carbocycles. The first-order valence-corrected chi connectivity index (χ1v) is 8.32. The second-order valence-electron chi connectivity index (χ2n) is 5.04. The Hall–Kier alpha value is -1.66. The van der Waals surface area contributed by atoms with Crippen molar-refractivity contribution in [3.63, 3.8) is 0 Å². The highest BCUT2D eigenvalue weighted by molar-refractivity contribution is 7.47. The molecule has 0 spiro atoms. The Bertz CT molecular complexity index is 785. The van der Waals surface area contributed by atoms with E-state index >= 15 is 0 Å². The van der Waals surface area contributed by atoms with Gasteiger partial charge in [0.05, 0.1) is 12.9 Å². The lowest BCUT2D eigenvalue weighted by molar-refractivity contribution is -0.0510. The molecule has 12 nitrogen and oxygen atoms in total. The van der Waals surface area contributed by atoms with Gasteiger partial charge in [-0.25, -0.2) is 19.5 Å². The molecule has 132 valence electrons. The van der Waals surface area contributed by atoms with E-state index in [9.17, 15) is 19.7 Å². The molecule has 0 saturated carbocycles. The topological polar surface area (TPSA) is 175 Å². The third kappa shape index (κ3) is 2.89. The fourth-order valence-corrected chi connectivity index (χ4v) is 3.13. The highest BCUT2D eigenvalue weighted by Gasteiger charge is 2.48. The van der Waals surface area contributed by atoms with Crippen LogP contribution < -0.4 is 5.73 Å². The van der Waals surface area contributed by atoms with Gasteiger partial charge in [-0.05, 0) is 0 Å². The third-order valence-electron chi connectivity index (χ3n) is 3.64. The highest BCUT2D eigenvalue weighted by atomic mass is 31.2. The summed E-state index contributed by atoms with van der Waals surface area (Å²) in [5, 5.41) is 19.8. The molecule has 1 aliphatic heterocycles. The Labute approximate surface area is 135 Å². The van der Waals surface area contributed by atoms with E-state index in [2.05, 4.69) is 19.5 Å². The molecule has 2 aromatic rings. The minimum absolute atomic E-state index is 0.150. The first-order valence-electron chi connectivity index (χ1n) is 6.82. The van der Waals surface area contributed by atoms with Crippen LogP contribution in [-0.2, 0) is 18.3 Å². The molecule has 3 heterocycles. The molecule has 2 aromatic heterocycles. The third-order valence-corrected chi connectivity index (χ3v) is 4.61. The molecule has 0 bridgehead atoms. The average molecular weight is 361 g/mol. The maximum atomic E-state index is 11.6. The van der Waals surface area contributed by atoms with Gasteiger partial charge in [0.2, 0.25) is 0 Å². The lowest BCUT2D eigenvalue weighted by Gasteiger charge is -2.21. The van der Waals surface area contributed by atoms with Crippen LogP contribution in [-0.4, -0.2) is 66.7 Å². The van der Waals surface area contributed by atoms with Crippen LogP contribution in [0.3, 0.4) is 0 Å². The number of aromatic nitrogens is 4. The second-order valence-corrected chi connectivity index (χ2v) is 6.56. The number of nitrogen functional groups attached to an aromatic ring is 1. The maximum absolute atomic E-state index is 11.6. The molecule has 0 radical (unpaired) electrons. The number of rotatable bonds is 5. The number of nitrogens with two attached hydrogens (primary N) is 1. The van der Waals surface area contributed by atoms with E-state index < -0.39 is 39.0 Å². The minimum Gasteiger partial charge on any atom is -0.394 e. The summed E-state index contributed by atoms with van der Waals surface area (Å²) in [7, 11) is -3.41. The number of aliphatic hydroxyl groups is 2. The Morgan fingerprint density at radius 1 is 1.46 bits per heavy atom. The molecule has 1 saturated heterocycles. The fraction of sp³-hybridized carbons (Fsp3) is 0.545. The Morgan fingerprint density at radius 2 is 2.21 bits per heavy atom. The van der Waals surface area contributed by atoms with E-state index in [1.54, 1.807) is 0 Å². The molecule has 5 atom stereocenters. The second kappa shape index (κ2) is 6.33. The van der Waals surface area contributed by atoms with Gasteiger partial charge in [-0.1, -0.05) is 0 Å². The normalized spacial score (nSPS) is 29.8. The zero-order chi connectivity index (χ0) is 17.5. The van der Waals surface area contributed by atoms with Crippen LogP contribution >= 0.6 is 7.82 Å². The molecule has 24 heavy (non-hydrogen) atoms. The standard InChI is InChI=1S/C11H16N5O7P/c1-21-24(19,20)23-8-5(2-17)22-11(7(8)18)16-4-15-6-9(12)13-3-14-10(6)16/h3-5,7-8,11,17-18H,2H2,1H3,(H,19,20)(H2,12,13,14)/t5-,7-,8-,11-/m1/s1. The minimum atomic E-state index is -4.39. The van der Waals surface area contributed by atoms with E-state index in [0.717, 1.165) is 7.11 Å². The monoisotopic (exact) mass is 361 g/mol. The van der Waals surface area contributed by atoms with E-state index in [-0.39, 0.29) is 5.82 Å². The lowest BCUT2D eigenvalue weighted by Crippen LogP contribution is -2.35. The van der Waals surface area contributed by atoms with Crippen molar-refractivity contribution < 1.29 is 33.5 Å². The van der Waals surface area contributed by atoms with Crippen LogP contribution in [0.15, 0.2) is 12.7 Å². The van der Waals surface area contributed by atoms with E-state index in [4.69, 9.17) is 15.0 Å². The van der Waals surface area contributed by atoms with Crippen LogP contribution in [0.5, 0.6) is 0 Å². The van der Waals surface area contributed by atoms with Gasteiger partial charge in [-0.15, -0.1) is 0 Å². The SMILES string of the molecule is COP(=O)(O)O[C@H]1[C@@H](O)[C@H](n2cnc3c(N)ncnc32)O[C@@H]1CO. The molecule has 0 aliphatic carbocycles. The largest absolute Gasteiger partial charge is 0.472 e. The van der Waals surface area contributed by atoms with Gasteiger partial charge in [-0.3, -0.25) is 13.6 Å². The quantitative estimate of drug-likeness (QED) is 0.470. The first-order chi connectivity index (χ1) is 11.4. The summed E-state index contributed by atoms with van der Waals surface area (Å²) in [5.74, 6) is 0.150. The van der Waals surface area contributed by atoms with Crippen molar-refractivity contribution in [3.05, 3.63) is 12.7 Å². The summed E-state index contributed by atoms with van der Waals surface area (Å²) in [6, 6.07) is 0. The van der Waals surface area contributed by atoms with E-state index in [0.29, 0.717) is 11.2 Å². The van der Waals surface area contributed by atoms with Crippen LogP contribution in [0.2, 0.25) is 0 Å². The number of hydrogen-bond donors (Lipinski definition) is 4. The number of imidazole rings is 1. The molecule has 0 amide bonds. The van der Waals surface area contributed by atoms with Gasteiger partial charge in [0.15, 0.2) is 17.7 Å². The van der Waals surface area contributed by atoms with Crippen LogP contribution in [0.1, 0.15) is 6.23 Å². The zero-order valence-corrected chi connectivity index (χ0v) is 13.4. The van der Waals surface area contributed by atoms with Crippen LogP contribution in [0.4, 0.5) is 5.82 Å². The van der Waals surface area contributed by atoms with Gasteiger partial charge in [0.1, 0.15) is 30.2 Å². The van der Waals surface area contributed by atoms with Crippen molar-refractivity contribution >= 4 is 24.8 Å². The molecule has 5 N–H and O–H groups in total. The Balaban J connectivity index is 1.94. The summed E-state index contributed by atoms with van der Waals surface area (Å²) in [4.78, 5) is 21.3. The number of anilines is 1. The molecular weight excluding hydrogens is 345 g/mol. The van der Waals surface area contributed by atoms with Crippen molar-refractivity contribution in [2.45, 2.75) is 24.5 Å². The first kappa shape index (κ1) is 17.2. The van der Waals surface area contributed by atoms with Crippen molar-refractivity contribution in [1.29, 1.82) is 0 Å². The smallest absolute Gasteiger partial charge is 0.394 e. The fourth-order valence-electron chi connectivity index (χ4n) is 2.48. The predicted octanol–water partition coefficient (Wildman–Crippen LogP) is -1.21.